The van der Waals surface area contributed by atoms with Crippen LogP contribution in [0, 0.1) is 22.7 Å². The van der Waals surface area contributed by atoms with Gasteiger partial charge in [-0.3, -0.25) is 9.69 Å². The molecular formula is C27H30F3N7O. The van der Waals surface area contributed by atoms with E-state index in [-0.39, 0.29) is 17.4 Å². The number of nitriles is 2. The number of alkyl halides is 3. The SMILES string of the molecule is N#CCCN1CCN(c2cc(N3CCC[C@H]3C(=O)CCCc3ccc(C#N)cc3)nc(C(F)(F)F)n2)CC1. The number of piperazine rings is 1. The number of ketones is 1. The third-order valence-electron chi connectivity index (χ3n) is 7.08. The van der Waals surface area contributed by atoms with Gasteiger partial charge in [0.15, 0.2) is 5.78 Å². The number of carbonyl (C=O) groups excluding carboxylic acids is 1. The summed E-state index contributed by atoms with van der Waals surface area (Å²) < 4.78 is 41.2. The molecule has 2 saturated heterocycles. The van der Waals surface area contributed by atoms with E-state index in [0.717, 1.165) is 5.56 Å². The van der Waals surface area contributed by atoms with Gasteiger partial charge in [-0.25, -0.2) is 9.97 Å². The quantitative estimate of drug-likeness (QED) is 0.485. The van der Waals surface area contributed by atoms with Crippen molar-refractivity contribution in [1.82, 2.24) is 14.9 Å². The molecule has 0 saturated carbocycles. The summed E-state index contributed by atoms with van der Waals surface area (Å²) in [6, 6.07) is 12.5. The predicted octanol–water partition coefficient (Wildman–Crippen LogP) is 3.96. The number of hydrogen-bond donors (Lipinski definition) is 0. The third kappa shape index (κ3) is 6.78. The molecular weight excluding hydrogens is 495 g/mol. The minimum atomic E-state index is -4.71. The predicted molar refractivity (Wildman–Crippen MR) is 135 cm³/mol. The highest BCUT2D eigenvalue weighted by molar-refractivity contribution is 5.87. The molecule has 0 spiro atoms. The lowest BCUT2D eigenvalue weighted by atomic mass is 10.0. The summed E-state index contributed by atoms with van der Waals surface area (Å²) in [5, 5.41) is 17.7. The zero-order valence-electron chi connectivity index (χ0n) is 21.1. The highest BCUT2D eigenvalue weighted by Gasteiger charge is 2.38. The van der Waals surface area contributed by atoms with E-state index in [1.54, 1.807) is 23.1 Å². The summed E-state index contributed by atoms with van der Waals surface area (Å²) in [5.41, 5.74) is 1.61. The summed E-state index contributed by atoms with van der Waals surface area (Å²) in [6.45, 7) is 3.35. The Morgan fingerprint density at radius 3 is 2.39 bits per heavy atom. The number of aryl methyl sites for hydroxylation is 1. The van der Waals surface area contributed by atoms with E-state index in [9.17, 15) is 18.0 Å². The Balaban J connectivity index is 1.45. The second kappa shape index (κ2) is 12.2. The van der Waals surface area contributed by atoms with Gasteiger partial charge in [-0.05, 0) is 43.4 Å². The number of halogens is 3. The van der Waals surface area contributed by atoms with Crippen LogP contribution < -0.4 is 9.80 Å². The molecule has 1 atom stereocenters. The van der Waals surface area contributed by atoms with Gasteiger partial charge in [-0.1, -0.05) is 12.1 Å². The van der Waals surface area contributed by atoms with Crippen molar-refractivity contribution in [2.24, 2.45) is 0 Å². The van der Waals surface area contributed by atoms with Gasteiger partial charge in [0, 0.05) is 58.2 Å². The monoisotopic (exact) mass is 525 g/mol. The van der Waals surface area contributed by atoms with Crippen LogP contribution in [0.3, 0.4) is 0 Å². The third-order valence-corrected chi connectivity index (χ3v) is 7.08. The van der Waals surface area contributed by atoms with Gasteiger partial charge in [0.25, 0.3) is 0 Å². The molecule has 11 heteroatoms. The lowest BCUT2D eigenvalue weighted by Gasteiger charge is -2.35. The van der Waals surface area contributed by atoms with E-state index in [1.807, 2.05) is 17.0 Å². The number of anilines is 2. The Bertz CT molecular complexity index is 1200. The lowest BCUT2D eigenvalue weighted by molar-refractivity contribution is -0.144. The molecule has 2 aliphatic rings. The van der Waals surface area contributed by atoms with Crippen LogP contribution in [0.5, 0.6) is 0 Å². The van der Waals surface area contributed by atoms with Crippen molar-refractivity contribution in [1.29, 1.82) is 10.5 Å². The average Bonchev–Trinajstić information content (AvgIpc) is 3.42. The first kappa shape index (κ1) is 27.3. The molecule has 0 bridgehead atoms. The van der Waals surface area contributed by atoms with Gasteiger partial charge in [-0.2, -0.15) is 23.7 Å². The molecule has 200 valence electrons. The molecule has 2 fully saturated rings. The fraction of sp³-hybridized carbons (Fsp3) is 0.519. The molecule has 0 unspecified atom stereocenters. The van der Waals surface area contributed by atoms with Crippen molar-refractivity contribution < 1.29 is 18.0 Å². The van der Waals surface area contributed by atoms with E-state index in [2.05, 4.69) is 27.0 Å². The van der Waals surface area contributed by atoms with E-state index in [0.29, 0.717) is 83.4 Å². The Morgan fingerprint density at radius 1 is 1.03 bits per heavy atom. The smallest absolute Gasteiger partial charge is 0.354 e. The zero-order chi connectivity index (χ0) is 27.1. The van der Waals surface area contributed by atoms with Crippen molar-refractivity contribution >= 4 is 17.4 Å². The fourth-order valence-corrected chi connectivity index (χ4v) is 5.02. The number of hydrogen-bond acceptors (Lipinski definition) is 8. The Hall–Kier alpha value is -3.70. The lowest BCUT2D eigenvalue weighted by Crippen LogP contribution is -2.47. The summed E-state index contributed by atoms with van der Waals surface area (Å²) in [7, 11) is 0. The molecule has 0 amide bonds. The van der Waals surface area contributed by atoms with Gasteiger partial charge >= 0.3 is 6.18 Å². The fourth-order valence-electron chi connectivity index (χ4n) is 5.02. The molecule has 0 aliphatic carbocycles. The molecule has 8 nitrogen and oxygen atoms in total. The Kier molecular flexibility index (Phi) is 8.80. The maximum Gasteiger partial charge on any atom is 0.451 e. The normalized spacial score (nSPS) is 18.3. The second-order valence-electron chi connectivity index (χ2n) is 9.62. The van der Waals surface area contributed by atoms with Crippen LogP contribution in [0.25, 0.3) is 0 Å². The minimum absolute atomic E-state index is 0.00373. The summed E-state index contributed by atoms with van der Waals surface area (Å²) >= 11 is 0. The molecule has 38 heavy (non-hydrogen) atoms. The largest absolute Gasteiger partial charge is 0.451 e. The number of carbonyl (C=O) groups is 1. The number of rotatable bonds is 9. The second-order valence-corrected chi connectivity index (χ2v) is 9.62. The Labute approximate surface area is 220 Å². The van der Waals surface area contributed by atoms with Crippen LogP contribution in [0.4, 0.5) is 24.8 Å². The molecule has 1 aromatic carbocycles. The van der Waals surface area contributed by atoms with E-state index in [4.69, 9.17) is 10.5 Å². The van der Waals surface area contributed by atoms with Gasteiger partial charge in [-0.15, -0.1) is 0 Å². The summed E-state index contributed by atoms with van der Waals surface area (Å²) in [5.74, 6) is -0.856. The zero-order valence-corrected chi connectivity index (χ0v) is 21.1. The van der Waals surface area contributed by atoms with Crippen molar-refractivity contribution in [3.8, 4) is 12.1 Å². The molecule has 4 rings (SSSR count). The maximum absolute atomic E-state index is 13.7. The van der Waals surface area contributed by atoms with Gasteiger partial charge in [0.05, 0.1) is 23.7 Å². The van der Waals surface area contributed by atoms with Crippen molar-refractivity contribution in [2.45, 2.75) is 50.7 Å². The standard InChI is InChI=1S/C27H30F3N7O/c28-27(29,30)26-33-24(36-16-14-35(15-17-36)12-3-11-31)18-25(34-26)37-13-2-5-22(37)23(38)6-1-4-20-7-9-21(19-32)10-8-20/h7-10,18,22H,1-6,12-17H2/t22-/m0/s1. The van der Waals surface area contributed by atoms with Crippen LogP contribution in [-0.4, -0.2) is 66.0 Å². The summed E-state index contributed by atoms with van der Waals surface area (Å²) in [6.07, 6.45) is -1.41. The Morgan fingerprint density at radius 2 is 1.74 bits per heavy atom. The van der Waals surface area contributed by atoms with Crippen molar-refractivity contribution in [3.63, 3.8) is 0 Å². The van der Waals surface area contributed by atoms with Crippen LogP contribution >= 0.6 is 0 Å². The number of benzene rings is 1. The van der Waals surface area contributed by atoms with Crippen molar-refractivity contribution in [3.05, 3.63) is 47.3 Å². The molecule has 1 aromatic heterocycles. The van der Waals surface area contributed by atoms with Crippen LogP contribution in [0.2, 0.25) is 0 Å². The summed E-state index contributed by atoms with van der Waals surface area (Å²) in [4.78, 5) is 26.4. The number of aromatic nitrogens is 2. The highest BCUT2D eigenvalue weighted by atomic mass is 19.4. The first-order chi connectivity index (χ1) is 18.3. The molecule has 2 aliphatic heterocycles. The van der Waals surface area contributed by atoms with Gasteiger partial charge in [0.2, 0.25) is 5.82 Å². The van der Waals surface area contributed by atoms with E-state index < -0.39 is 18.0 Å². The topological polar surface area (TPSA) is 100 Å². The minimum Gasteiger partial charge on any atom is -0.354 e. The van der Waals surface area contributed by atoms with E-state index >= 15 is 0 Å². The van der Waals surface area contributed by atoms with Gasteiger partial charge < -0.3 is 9.80 Å². The van der Waals surface area contributed by atoms with Crippen LogP contribution in [0.15, 0.2) is 30.3 Å². The molecule has 0 radical (unpaired) electrons. The maximum atomic E-state index is 13.7. The first-order valence-electron chi connectivity index (χ1n) is 12.9. The van der Waals surface area contributed by atoms with Crippen LogP contribution in [0.1, 0.15) is 49.1 Å². The molecule has 2 aromatic rings. The van der Waals surface area contributed by atoms with E-state index in [1.165, 1.54) is 0 Å². The number of Topliss-reactive ketones (excluding diaryl/α,β-unsaturated/α-hetero) is 1. The van der Waals surface area contributed by atoms with Crippen molar-refractivity contribution in [2.75, 3.05) is 49.1 Å². The number of nitrogens with zero attached hydrogens (tertiary/aromatic N) is 7. The highest BCUT2D eigenvalue weighted by Crippen LogP contribution is 2.33. The van der Waals surface area contributed by atoms with Crippen LogP contribution in [-0.2, 0) is 17.4 Å². The first-order valence-corrected chi connectivity index (χ1v) is 12.9. The molecule has 3 heterocycles. The average molecular weight is 526 g/mol. The van der Waals surface area contributed by atoms with Gasteiger partial charge in [0.1, 0.15) is 11.6 Å². The molecule has 0 N–H and O–H groups in total.